The molecule has 0 saturated heterocycles. The van der Waals surface area contributed by atoms with Gasteiger partial charge in [-0.3, -0.25) is 0 Å². The van der Waals surface area contributed by atoms with Crippen molar-refractivity contribution in [3.05, 3.63) is 72.8 Å². The smallest absolute Gasteiger partial charge is 0.141 e. The normalized spacial score (nSPS) is 10.8. The number of hydrogen-bond acceptors (Lipinski definition) is 4. The van der Waals surface area contributed by atoms with Gasteiger partial charge in [-0.05, 0) is 29.8 Å². The summed E-state index contributed by atoms with van der Waals surface area (Å²) in [6.07, 6.45) is 4.85. The molecule has 0 spiro atoms. The molecule has 0 radical (unpaired) electrons. The van der Waals surface area contributed by atoms with E-state index in [0.29, 0.717) is 0 Å². The van der Waals surface area contributed by atoms with E-state index in [9.17, 15) is 0 Å². The molecule has 0 aliphatic rings. The molecule has 5 nitrogen and oxygen atoms in total. The van der Waals surface area contributed by atoms with Crippen LogP contribution in [0.3, 0.4) is 0 Å². The van der Waals surface area contributed by atoms with E-state index in [2.05, 4.69) is 20.6 Å². The zero-order chi connectivity index (χ0) is 13.6. The summed E-state index contributed by atoms with van der Waals surface area (Å²) in [5, 5.41) is 14.9. The number of rotatable bonds is 4. The number of benzene rings is 2. The van der Waals surface area contributed by atoms with E-state index in [1.54, 1.807) is 23.5 Å². The van der Waals surface area contributed by atoms with Gasteiger partial charge in [-0.15, -0.1) is 10.2 Å². The SMILES string of the molecule is C(=Nn1cnnc1)c1ccc(Nc2ccccc2)cc1. The molecule has 0 aliphatic heterocycles. The van der Waals surface area contributed by atoms with Crippen molar-refractivity contribution in [3.8, 4) is 0 Å². The minimum absolute atomic E-state index is 1.01. The quantitative estimate of drug-likeness (QED) is 0.736. The third kappa shape index (κ3) is 3.08. The Hall–Kier alpha value is -2.95. The second-order valence-corrected chi connectivity index (χ2v) is 4.20. The monoisotopic (exact) mass is 263 g/mol. The van der Waals surface area contributed by atoms with Crippen LogP contribution in [0.25, 0.3) is 0 Å². The van der Waals surface area contributed by atoms with Gasteiger partial charge in [0.15, 0.2) is 0 Å². The van der Waals surface area contributed by atoms with Crippen LogP contribution in [0.5, 0.6) is 0 Å². The van der Waals surface area contributed by atoms with Crippen LogP contribution in [0.2, 0.25) is 0 Å². The van der Waals surface area contributed by atoms with Gasteiger partial charge in [0.05, 0.1) is 6.21 Å². The Morgan fingerprint density at radius 3 is 2.20 bits per heavy atom. The molecule has 0 unspecified atom stereocenters. The Kier molecular flexibility index (Phi) is 3.51. The first-order valence-corrected chi connectivity index (χ1v) is 6.21. The van der Waals surface area contributed by atoms with Gasteiger partial charge in [-0.2, -0.15) is 5.10 Å². The number of nitrogens with one attached hydrogen (secondary N) is 1. The third-order valence-corrected chi connectivity index (χ3v) is 2.72. The summed E-state index contributed by atoms with van der Waals surface area (Å²) in [6.45, 7) is 0. The summed E-state index contributed by atoms with van der Waals surface area (Å²) in [5.41, 5.74) is 3.12. The number of hydrogen-bond donors (Lipinski definition) is 1. The fourth-order valence-electron chi connectivity index (χ4n) is 1.73. The van der Waals surface area contributed by atoms with Crippen LogP contribution in [0, 0.1) is 0 Å². The molecule has 20 heavy (non-hydrogen) atoms. The topological polar surface area (TPSA) is 55.1 Å². The van der Waals surface area contributed by atoms with E-state index in [0.717, 1.165) is 16.9 Å². The summed E-state index contributed by atoms with van der Waals surface area (Å²) in [7, 11) is 0. The summed E-state index contributed by atoms with van der Waals surface area (Å²) < 4.78 is 1.55. The lowest BCUT2D eigenvalue weighted by molar-refractivity contribution is 0.878. The highest BCUT2D eigenvalue weighted by Crippen LogP contribution is 2.15. The molecule has 2 aromatic carbocycles. The first-order chi connectivity index (χ1) is 9.90. The first-order valence-electron chi connectivity index (χ1n) is 6.21. The zero-order valence-corrected chi connectivity index (χ0v) is 10.7. The lowest BCUT2D eigenvalue weighted by atomic mass is 10.2. The second-order valence-electron chi connectivity index (χ2n) is 4.20. The molecule has 0 fully saturated rings. The van der Waals surface area contributed by atoms with Gasteiger partial charge in [0.25, 0.3) is 0 Å². The van der Waals surface area contributed by atoms with Crippen LogP contribution in [0.4, 0.5) is 11.4 Å². The summed E-state index contributed by atoms with van der Waals surface area (Å²) in [6, 6.07) is 18.1. The highest BCUT2D eigenvalue weighted by atomic mass is 15.4. The predicted octanol–water partition coefficient (Wildman–Crippen LogP) is 2.90. The molecule has 5 heteroatoms. The van der Waals surface area contributed by atoms with Crippen LogP contribution in [-0.4, -0.2) is 21.1 Å². The molecule has 1 aromatic heterocycles. The maximum atomic E-state index is 4.20. The average molecular weight is 263 g/mol. The van der Waals surface area contributed by atoms with Crippen LogP contribution in [-0.2, 0) is 0 Å². The molecule has 3 rings (SSSR count). The molecule has 1 heterocycles. The number of para-hydroxylation sites is 1. The van der Waals surface area contributed by atoms with E-state index >= 15 is 0 Å². The lowest BCUT2D eigenvalue weighted by Crippen LogP contribution is -1.91. The zero-order valence-electron chi connectivity index (χ0n) is 10.7. The minimum atomic E-state index is 1.01. The molecular weight excluding hydrogens is 250 g/mol. The molecule has 0 bridgehead atoms. The van der Waals surface area contributed by atoms with Crippen molar-refractivity contribution in [2.45, 2.75) is 0 Å². The standard InChI is InChI=1S/C15H13N5/c1-2-4-14(5-3-1)19-15-8-6-13(7-9-15)10-18-20-11-16-17-12-20/h1-12,19H. The molecule has 0 amide bonds. The fraction of sp³-hybridized carbons (Fsp3) is 0. The average Bonchev–Trinajstić information content (AvgIpc) is 3.01. The molecular formula is C15H13N5. The van der Waals surface area contributed by atoms with Crippen molar-refractivity contribution < 1.29 is 0 Å². The minimum Gasteiger partial charge on any atom is -0.356 e. The van der Waals surface area contributed by atoms with Crippen molar-refractivity contribution >= 4 is 17.6 Å². The van der Waals surface area contributed by atoms with Crippen LogP contribution < -0.4 is 5.32 Å². The van der Waals surface area contributed by atoms with Crippen molar-refractivity contribution in [2.24, 2.45) is 5.10 Å². The van der Waals surface area contributed by atoms with E-state index in [4.69, 9.17) is 0 Å². The van der Waals surface area contributed by atoms with E-state index in [1.807, 2.05) is 54.6 Å². The van der Waals surface area contributed by atoms with Crippen LogP contribution in [0.1, 0.15) is 5.56 Å². The molecule has 3 aromatic rings. The lowest BCUT2D eigenvalue weighted by Gasteiger charge is -2.05. The third-order valence-electron chi connectivity index (χ3n) is 2.72. The largest absolute Gasteiger partial charge is 0.356 e. The fourth-order valence-corrected chi connectivity index (χ4v) is 1.73. The Morgan fingerprint density at radius 2 is 1.50 bits per heavy atom. The van der Waals surface area contributed by atoms with Crippen LogP contribution in [0.15, 0.2) is 72.4 Å². The highest BCUT2D eigenvalue weighted by molar-refractivity contribution is 5.80. The number of aromatic nitrogens is 3. The summed E-state index contributed by atoms with van der Waals surface area (Å²) in [4.78, 5) is 0. The Labute approximate surface area is 116 Å². The molecule has 0 atom stereocenters. The van der Waals surface area contributed by atoms with Gasteiger partial charge >= 0.3 is 0 Å². The maximum Gasteiger partial charge on any atom is 0.141 e. The van der Waals surface area contributed by atoms with Gasteiger partial charge in [-0.1, -0.05) is 30.3 Å². The molecule has 0 aliphatic carbocycles. The van der Waals surface area contributed by atoms with Gasteiger partial charge in [0, 0.05) is 11.4 Å². The summed E-state index contributed by atoms with van der Waals surface area (Å²) in [5.74, 6) is 0. The molecule has 1 N–H and O–H groups in total. The van der Waals surface area contributed by atoms with Crippen molar-refractivity contribution in [3.63, 3.8) is 0 Å². The van der Waals surface area contributed by atoms with Gasteiger partial charge in [0.1, 0.15) is 12.7 Å². The highest BCUT2D eigenvalue weighted by Gasteiger charge is 1.94. The van der Waals surface area contributed by atoms with Crippen molar-refractivity contribution in [1.82, 2.24) is 14.9 Å². The van der Waals surface area contributed by atoms with Crippen molar-refractivity contribution in [1.29, 1.82) is 0 Å². The van der Waals surface area contributed by atoms with Gasteiger partial charge < -0.3 is 5.32 Å². The van der Waals surface area contributed by atoms with Crippen molar-refractivity contribution in [2.75, 3.05) is 5.32 Å². The second kappa shape index (κ2) is 5.79. The van der Waals surface area contributed by atoms with Gasteiger partial charge in [-0.25, -0.2) is 4.68 Å². The first kappa shape index (κ1) is 12.1. The Morgan fingerprint density at radius 1 is 0.850 bits per heavy atom. The van der Waals surface area contributed by atoms with Crippen LogP contribution >= 0.6 is 0 Å². The molecule has 0 saturated carbocycles. The molecule has 98 valence electrons. The summed E-state index contributed by atoms with van der Waals surface area (Å²) >= 11 is 0. The van der Waals surface area contributed by atoms with E-state index in [1.165, 1.54) is 0 Å². The Bertz CT molecular complexity index is 672. The van der Waals surface area contributed by atoms with Gasteiger partial charge in [0.2, 0.25) is 0 Å². The number of nitrogens with zero attached hydrogens (tertiary/aromatic N) is 4. The Balaban J connectivity index is 1.68. The van der Waals surface area contributed by atoms with E-state index in [-0.39, 0.29) is 0 Å². The predicted molar refractivity (Wildman–Crippen MR) is 79.2 cm³/mol. The number of anilines is 2. The van der Waals surface area contributed by atoms with E-state index < -0.39 is 0 Å². The maximum absolute atomic E-state index is 4.20.